The molecule has 0 saturated carbocycles. The molecule has 4 heteroatoms. The van der Waals surface area contributed by atoms with Gasteiger partial charge in [0.2, 0.25) is 5.91 Å². The van der Waals surface area contributed by atoms with E-state index in [1.807, 2.05) is 33.9 Å². The predicted octanol–water partition coefficient (Wildman–Crippen LogP) is 2.30. The Bertz CT molecular complexity index is 470. The van der Waals surface area contributed by atoms with Crippen LogP contribution in [0.5, 0.6) is 0 Å². The van der Waals surface area contributed by atoms with Crippen LogP contribution in [0, 0.1) is 0 Å². The zero-order valence-corrected chi connectivity index (χ0v) is 12.4. The number of hydrogen-bond acceptors (Lipinski definition) is 2. The van der Waals surface area contributed by atoms with Crippen LogP contribution < -0.4 is 11.1 Å². The van der Waals surface area contributed by atoms with E-state index in [1.54, 1.807) is 0 Å². The molecule has 0 aliphatic heterocycles. The molecule has 0 spiro atoms. The molecular weight excluding hydrogens is 238 g/mol. The van der Waals surface area contributed by atoms with E-state index in [1.165, 1.54) is 11.3 Å². The molecular formula is C15H25N3O. The van der Waals surface area contributed by atoms with Gasteiger partial charge in [-0.1, -0.05) is 0 Å². The molecule has 19 heavy (non-hydrogen) atoms. The van der Waals surface area contributed by atoms with Crippen molar-refractivity contribution in [1.29, 1.82) is 0 Å². The normalized spacial score (nSPS) is 20.8. The van der Waals surface area contributed by atoms with Crippen LogP contribution in [0.15, 0.2) is 12.3 Å². The van der Waals surface area contributed by atoms with Gasteiger partial charge in [-0.25, -0.2) is 0 Å². The van der Waals surface area contributed by atoms with E-state index in [4.69, 9.17) is 5.73 Å². The topological polar surface area (TPSA) is 60.0 Å². The third-order valence-corrected chi connectivity index (χ3v) is 3.68. The number of amides is 1. The molecule has 1 aliphatic rings. The molecule has 0 bridgehead atoms. The van der Waals surface area contributed by atoms with Gasteiger partial charge in [0.15, 0.2) is 0 Å². The van der Waals surface area contributed by atoms with Crippen LogP contribution in [0.1, 0.15) is 63.9 Å². The Morgan fingerprint density at radius 2 is 2.21 bits per heavy atom. The van der Waals surface area contributed by atoms with Crippen molar-refractivity contribution >= 4 is 5.91 Å². The molecule has 2 unspecified atom stereocenters. The van der Waals surface area contributed by atoms with Gasteiger partial charge in [-0.15, -0.1) is 0 Å². The summed E-state index contributed by atoms with van der Waals surface area (Å²) in [5, 5.41) is 3.03. The van der Waals surface area contributed by atoms with Crippen molar-refractivity contribution in [3.63, 3.8) is 0 Å². The Morgan fingerprint density at radius 3 is 2.84 bits per heavy atom. The van der Waals surface area contributed by atoms with Crippen LogP contribution in [-0.2, 0) is 11.2 Å². The summed E-state index contributed by atoms with van der Waals surface area (Å²) in [5.41, 5.74) is 8.37. The highest BCUT2D eigenvalue weighted by atomic mass is 16.2. The molecule has 1 amide bonds. The van der Waals surface area contributed by atoms with Crippen molar-refractivity contribution in [2.24, 2.45) is 5.73 Å². The largest absolute Gasteiger partial charge is 0.350 e. The fourth-order valence-corrected chi connectivity index (χ4v) is 2.72. The van der Waals surface area contributed by atoms with E-state index >= 15 is 0 Å². The van der Waals surface area contributed by atoms with E-state index in [-0.39, 0.29) is 23.5 Å². The zero-order valence-electron chi connectivity index (χ0n) is 12.4. The maximum absolute atomic E-state index is 12.3. The van der Waals surface area contributed by atoms with Gasteiger partial charge < -0.3 is 15.6 Å². The summed E-state index contributed by atoms with van der Waals surface area (Å²) in [6, 6.07) is 2.01. The van der Waals surface area contributed by atoms with Gasteiger partial charge >= 0.3 is 0 Å². The first kappa shape index (κ1) is 14.1. The second kappa shape index (κ2) is 5.00. The summed E-state index contributed by atoms with van der Waals surface area (Å²) in [6.45, 7) is 7.94. The smallest absolute Gasteiger partial charge is 0.243 e. The minimum Gasteiger partial charge on any atom is -0.350 e. The molecule has 0 fully saturated rings. The standard InChI is InChI=1S/C15H25N3O/c1-10(14(19)17-15(2,3)4)18-9-8-11-12(16)6-5-7-13(11)18/h8-10,12H,5-7,16H2,1-4H3,(H,17,19). The average Bonchev–Trinajstić information content (AvgIpc) is 2.71. The van der Waals surface area contributed by atoms with E-state index in [0.29, 0.717) is 0 Å². The zero-order chi connectivity index (χ0) is 14.2. The predicted molar refractivity (Wildman–Crippen MR) is 76.9 cm³/mol. The van der Waals surface area contributed by atoms with Crippen molar-refractivity contribution in [2.75, 3.05) is 0 Å². The molecule has 1 aromatic heterocycles. The number of nitrogens with two attached hydrogens (primary N) is 1. The van der Waals surface area contributed by atoms with Gasteiger partial charge in [0.25, 0.3) is 0 Å². The number of carbonyl (C=O) groups excluding carboxylic acids is 1. The lowest BCUT2D eigenvalue weighted by atomic mass is 9.93. The SMILES string of the molecule is CC(C(=O)NC(C)(C)C)n1ccc2c1CCCC2N. The average molecular weight is 263 g/mol. The van der Waals surface area contributed by atoms with Crippen molar-refractivity contribution < 1.29 is 4.79 Å². The second-order valence-corrected chi connectivity index (χ2v) is 6.54. The molecule has 2 atom stereocenters. The minimum atomic E-state index is -0.199. The lowest BCUT2D eigenvalue weighted by Gasteiger charge is -2.26. The number of aromatic nitrogens is 1. The van der Waals surface area contributed by atoms with E-state index in [0.717, 1.165) is 19.3 Å². The Morgan fingerprint density at radius 1 is 1.53 bits per heavy atom. The minimum absolute atomic E-state index is 0.0602. The summed E-state index contributed by atoms with van der Waals surface area (Å²) in [6.07, 6.45) is 5.16. The van der Waals surface area contributed by atoms with Crippen molar-refractivity contribution in [1.82, 2.24) is 9.88 Å². The van der Waals surface area contributed by atoms with Crippen LogP contribution in [-0.4, -0.2) is 16.0 Å². The third kappa shape index (κ3) is 3.00. The number of hydrogen-bond donors (Lipinski definition) is 2. The number of rotatable bonds is 2. The lowest BCUT2D eigenvalue weighted by molar-refractivity contribution is -0.125. The van der Waals surface area contributed by atoms with Gasteiger partial charge in [-0.2, -0.15) is 0 Å². The maximum atomic E-state index is 12.3. The molecule has 1 aromatic rings. The highest BCUT2D eigenvalue weighted by Gasteiger charge is 2.26. The highest BCUT2D eigenvalue weighted by Crippen LogP contribution is 2.30. The van der Waals surface area contributed by atoms with Crippen LogP contribution in [0.25, 0.3) is 0 Å². The summed E-state index contributed by atoms with van der Waals surface area (Å²) < 4.78 is 2.08. The summed E-state index contributed by atoms with van der Waals surface area (Å²) in [4.78, 5) is 12.3. The molecule has 4 nitrogen and oxygen atoms in total. The van der Waals surface area contributed by atoms with E-state index in [2.05, 4.69) is 16.0 Å². The second-order valence-electron chi connectivity index (χ2n) is 6.54. The highest BCUT2D eigenvalue weighted by molar-refractivity contribution is 5.80. The number of carbonyl (C=O) groups is 1. The van der Waals surface area contributed by atoms with Gasteiger partial charge in [0.05, 0.1) is 0 Å². The number of fused-ring (bicyclic) bond motifs is 1. The van der Waals surface area contributed by atoms with Crippen molar-refractivity contribution in [2.45, 2.75) is 64.6 Å². The first-order valence-electron chi connectivity index (χ1n) is 7.07. The van der Waals surface area contributed by atoms with Crippen LogP contribution >= 0.6 is 0 Å². The fraction of sp³-hybridized carbons (Fsp3) is 0.667. The molecule has 0 saturated heterocycles. The molecule has 2 rings (SSSR count). The molecule has 1 aliphatic carbocycles. The van der Waals surface area contributed by atoms with Gasteiger partial charge in [0.1, 0.15) is 6.04 Å². The van der Waals surface area contributed by atoms with E-state index in [9.17, 15) is 4.79 Å². The van der Waals surface area contributed by atoms with Gasteiger partial charge in [0, 0.05) is 23.5 Å². The molecule has 0 aromatic carbocycles. The monoisotopic (exact) mass is 263 g/mol. The summed E-state index contributed by atoms with van der Waals surface area (Å²) in [5.74, 6) is 0.0602. The first-order valence-corrected chi connectivity index (χ1v) is 7.07. The van der Waals surface area contributed by atoms with Crippen LogP contribution in [0.4, 0.5) is 0 Å². The number of nitrogens with zero attached hydrogens (tertiary/aromatic N) is 1. The lowest BCUT2D eigenvalue weighted by Crippen LogP contribution is -2.44. The summed E-state index contributed by atoms with van der Waals surface area (Å²) in [7, 11) is 0. The maximum Gasteiger partial charge on any atom is 0.243 e. The van der Waals surface area contributed by atoms with Gasteiger partial charge in [-0.3, -0.25) is 4.79 Å². The molecule has 106 valence electrons. The molecule has 1 heterocycles. The Balaban J connectivity index is 2.21. The third-order valence-electron chi connectivity index (χ3n) is 3.68. The fourth-order valence-electron chi connectivity index (χ4n) is 2.72. The quantitative estimate of drug-likeness (QED) is 0.860. The Labute approximate surface area is 115 Å². The van der Waals surface area contributed by atoms with E-state index < -0.39 is 0 Å². The molecule has 3 N–H and O–H groups in total. The van der Waals surface area contributed by atoms with Gasteiger partial charge in [-0.05, 0) is 58.6 Å². The first-order chi connectivity index (χ1) is 8.79. The Hall–Kier alpha value is -1.29. The molecule has 0 radical (unpaired) electrons. The van der Waals surface area contributed by atoms with Crippen LogP contribution in [0.3, 0.4) is 0 Å². The summed E-state index contributed by atoms with van der Waals surface area (Å²) >= 11 is 0. The van der Waals surface area contributed by atoms with Crippen molar-refractivity contribution in [3.05, 3.63) is 23.5 Å². The van der Waals surface area contributed by atoms with Crippen molar-refractivity contribution in [3.8, 4) is 0 Å². The Kier molecular flexibility index (Phi) is 3.72. The number of nitrogens with one attached hydrogen (secondary N) is 1. The van der Waals surface area contributed by atoms with Crippen LogP contribution in [0.2, 0.25) is 0 Å².